The molecule has 0 saturated carbocycles. The molecule has 16 heavy (non-hydrogen) atoms. The van der Waals surface area contributed by atoms with Gasteiger partial charge in [-0.15, -0.1) is 0 Å². The van der Waals surface area contributed by atoms with Gasteiger partial charge in [0.25, 0.3) is 0 Å². The minimum Gasteiger partial charge on any atom is -0.496 e. The van der Waals surface area contributed by atoms with Gasteiger partial charge in [0.05, 0.1) is 20.3 Å². The van der Waals surface area contributed by atoms with Crippen molar-refractivity contribution in [1.29, 1.82) is 5.26 Å². The molecule has 1 aromatic carbocycles. The minimum atomic E-state index is -0.468. The third-order valence-electron chi connectivity index (χ3n) is 1.98. The van der Waals surface area contributed by atoms with Gasteiger partial charge < -0.3 is 9.47 Å². The van der Waals surface area contributed by atoms with Crippen LogP contribution in [0.4, 0.5) is 0 Å². The fourth-order valence-corrected chi connectivity index (χ4v) is 1.23. The molecule has 0 spiro atoms. The molecule has 0 atom stereocenters. The van der Waals surface area contributed by atoms with Crippen molar-refractivity contribution in [3.63, 3.8) is 0 Å². The average molecular weight is 217 g/mol. The Morgan fingerprint density at radius 3 is 2.75 bits per heavy atom. The number of nitrogens with zero attached hydrogens (tertiary/aromatic N) is 1. The summed E-state index contributed by atoms with van der Waals surface area (Å²) in [6.45, 7) is 0. The predicted octanol–water partition coefficient (Wildman–Crippen LogP) is 2.02. The van der Waals surface area contributed by atoms with Gasteiger partial charge >= 0.3 is 5.97 Å². The lowest BCUT2D eigenvalue weighted by Gasteiger charge is -2.07. The van der Waals surface area contributed by atoms with Crippen LogP contribution in [0.15, 0.2) is 24.3 Å². The first-order chi connectivity index (χ1) is 7.72. The standard InChI is InChI=1S/C12H11NO3/c1-15-11-6-5-9(4-3-7-13)8-10(11)12(14)16-2/h3-6,8H,1-2H3/b4-3+. The Balaban J connectivity index is 3.17. The second kappa shape index (κ2) is 5.56. The molecule has 4 nitrogen and oxygen atoms in total. The van der Waals surface area contributed by atoms with E-state index in [1.807, 2.05) is 6.07 Å². The van der Waals surface area contributed by atoms with E-state index in [-0.39, 0.29) is 0 Å². The zero-order chi connectivity index (χ0) is 12.0. The maximum Gasteiger partial charge on any atom is 0.341 e. The highest BCUT2D eigenvalue weighted by atomic mass is 16.5. The Labute approximate surface area is 93.7 Å². The first kappa shape index (κ1) is 11.8. The number of rotatable bonds is 3. The van der Waals surface area contributed by atoms with Crippen molar-refractivity contribution in [2.45, 2.75) is 0 Å². The van der Waals surface area contributed by atoms with E-state index in [4.69, 9.17) is 10.00 Å². The summed E-state index contributed by atoms with van der Waals surface area (Å²) in [6, 6.07) is 6.89. The number of carbonyl (C=O) groups is 1. The Bertz CT molecular complexity index is 458. The minimum absolute atomic E-state index is 0.338. The van der Waals surface area contributed by atoms with Crippen molar-refractivity contribution in [3.05, 3.63) is 35.4 Å². The Morgan fingerprint density at radius 2 is 2.19 bits per heavy atom. The van der Waals surface area contributed by atoms with Crippen molar-refractivity contribution in [2.75, 3.05) is 14.2 Å². The highest BCUT2D eigenvalue weighted by Crippen LogP contribution is 2.21. The molecular weight excluding hydrogens is 206 g/mol. The first-order valence-corrected chi connectivity index (χ1v) is 4.55. The number of methoxy groups -OCH3 is 2. The van der Waals surface area contributed by atoms with Crippen molar-refractivity contribution >= 4 is 12.0 Å². The summed E-state index contributed by atoms with van der Waals surface area (Å²) in [5, 5.41) is 8.40. The van der Waals surface area contributed by atoms with E-state index in [1.54, 1.807) is 24.3 Å². The zero-order valence-corrected chi connectivity index (χ0v) is 9.06. The number of esters is 1. The van der Waals surface area contributed by atoms with E-state index in [0.29, 0.717) is 11.3 Å². The van der Waals surface area contributed by atoms with Crippen LogP contribution in [0.5, 0.6) is 5.75 Å². The van der Waals surface area contributed by atoms with Crippen LogP contribution in [0.2, 0.25) is 0 Å². The maximum absolute atomic E-state index is 11.4. The third-order valence-corrected chi connectivity index (χ3v) is 1.98. The average Bonchev–Trinajstić information content (AvgIpc) is 2.35. The van der Waals surface area contributed by atoms with Crippen molar-refractivity contribution in [2.24, 2.45) is 0 Å². The fourth-order valence-electron chi connectivity index (χ4n) is 1.23. The molecule has 0 aliphatic carbocycles. The predicted molar refractivity (Wildman–Crippen MR) is 59.0 cm³/mol. The van der Waals surface area contributed by atoms with Gasteiger partial charge in [0.1, 0.15) is 11.3 Å². The van der Waals surface area contributed by atoms with Crippen LogP contribution in [0.1, 0.15) is 15.9 Å². The molecule has 0 saturated heterocycles. The lowest BCUT2D eigenvalue weighted by Crippen LogP contribution is -2.04. The number of benzene rings is 1. The van der Waals surface area contributed by atoms with Crippen LogP contribution in [-0.4, -0.2) is 20.2 Å². The van der Waals surface area contributed by atoms with Gasteiger partial charge in [-0.1, -0.05) is 6.07 Å². The summed E-state index contributed by atoms with van der Waals surface area (Å²) in [5.41, 5.74) is 1.08. The molecule has 0 aliphatic rings. The molecule has 82 valence electrons. The quantitative estimate of drug-likeness (QED) is 0.574. The van der Waals surface area contributed by atoms with Crippen LogP contribution >= 0.6 is 0 Å². The lowest BCUT2D eigenvalue weighted by atomic mass is 10.1. The molecule has 4 heteroatoms. The molecular formula is C12H11NO3. The van der Waals surface area contributed by atoms with Gasteiger partial charge in [0.2, 0.25) is 0 Å². The topological polar surface area (TPSA) is 59.3 Å². The number of hydrogen-bond donors (Lipinski definition) is 0. The SMILES string of the molecule is COC(=O)c1cc(/C=C/C#N)ccc1OC. The third kappa shape index (κ3) is 2.61. The summed E-state index contributed by atoms with van der Waals surface area (Å²) in [5.74, 6) is -0.0231. The van der Waals surface area contributed by atoms with E-state index < -0.39 is 5.97 Å². The molecule has 0 radical (unpaired) electrons. The normalized spacial score (nSPS) is 9.81. The molecule has 0 unspecified atom stereocenters. The van der Waals surface area contributed by atoms with Gasteiger partial charge in [-0.3, -0.25) is 0 Å². The van der Waals surface area contributed by atoms with E-state index in [1.165, 1.54) is 20.3 Å². The number of ether oxygens (including phenoxy) is 2. The van der Waals surface area contributed by atoms with E-state index in [9.17, 15) is 4.79 Å². The molecule has 0 fully saturated rings. The number of nitriles is 1. The van der Waals surface area contributed by atoms with Crippen molar-refractivity contribution < 1.29 is 14.3 Å². The van der Waals surface area contributed by atoms with Crippen LogP contribution < -0.4 is 4.74 Å². The largest absolute Gasteiger partial charge is 0.496 e. The summed E-state index contributed by atoms with van der Waals surface area (Å²) in [4.78, 5) is 11.4. The Hall–Kier alpha value is -2.28. The maximum atomic E-state index is 11.4. The van der Waals surface area contributed by atoms with E-state index in [2.05, 4.69) is 4.74 Å². The van der Waals surface area contributed by atoms with Crippen molar-refractivity contribution in [1.82, 2.24) is 0 Å². The summed E-state index contributed by atoms with van der Waals surface area (Å²) in [7, 11) is 2.78. The summed E-state index contributed by atoms with van der Waals surface area (Å²) in [6.07, 6.45) is 2.94. The van der Waals surface area contributed by atoms with Gasteiger partial charge in [-0.2, -0.15) is 5.26 Å². The van der Waals surface area contributed by atoms with Crippen LogP contribution in [0.25, 0.3) is 6.08 Å². The molecule has 0 heterocycles. The molecule has 0 N–H and O–H groups in total. The lowest BCUT2D eigenvalue weighted by molar-refractivity contribution is 0.0597. The molecule has 0 aromatic heterocycles. The zero-order valence-electron chi connectivity index (χ0n) is 9.06. The summed E-state index contributed by atoms with van der Waals surface area (Å²) >= 11 is 0. The molecule has 1 rings (SSSR count). The van der Waals surface area contributed by atoms with Crippen molar-refractivity contribution in [3.8, 4) is 11.8 Å². The number of allylic oxidation sites excluding steroid dienone is 1. The first-order valence-electron chi connectivity index (χ1n) is 4.55. The van der Waals surface area contributed by atoms with Gasteiger partial charge in [-0.25, -0.2) is 4.79 Å². The summed E-state index contributed by atoms with van der Waals surface area (Å²) < 4.78 is 9.67. The Morgan fingerprint density at radius 1 is 1.44 bits per heavy atom. The second-order valence-electron chi connectivity index (χ2n) is 2.91. The number of carbonyl (C=O) groups excluding carboxylic acids is 1. The highest BCUT2D eigenvalue weighted by molar-refractivity contribution is 5.93. The van der Waals surface area contributed by atoms with Crippen LogP contribution in [0, 0.1) is 11.3 Å². The van der Waals surface area contributed by atoms with Crippen LogP contribution in [-0.2, 0) is 4.74 Å². The monoisotopic (exact) mass is 217 g/mol. The molecule has 0 amide bonds. The highest BCUT2D eigenvalue weighted by Gasteiger charge is 2.12. The molecule has 0 aliphatic heterocycles. The van der Waals surface area contributed by atoms with Gasteiger partial charge in [-0.05, 0) is 23.8 Å². The smallest absolute Gasteiger partial charge is 0.341 e. The molecule has 1 aromatic rings. The Kier molecular flexibility index (Phi) is 4.10. The fraction of sp³-hybridized carbons (Fsp3) is 0.167. The molecule has 0 bridgehead atoms. The number of hydrogen-bond acceptors (Lipinski definition) is 4. The van der Waals surface area contributed by atoms with E-state index >= 15 is 0 Å². The van der Waals surface area contributed by atoms with E-state index in [0.717, 1.165) is 5.56 Å². The second-order valence-corrected chi connectivity index (χ2v) is 2.91. The van der Waals surface area contributed by atoms with Crippen LogP contribution in [0.3, 0.4) is 0 Å². The van der Waals surface area contributed by atoms with Gasteiger partial charge in [0.15, 0.2) is 0 Å². The van der Waals surface area contributed by atoms with Gasteiger partial charge in [0, 0.05) is 6.08 Å².